The third-order valence-corrected chi connectivity index (χ3v) is 2.99. The van der Waals surface area contributed by atoms with E-state index in [-0.39, 0.29) is 6.10 Å². The summed E-state index contributed by atoms with van der Waals surface area (Å²) in [6.45, 7) is 2.80. The summed E-state index contributed by atoms with van der Waals surface area (Å²) in [5.74, 6) is 1.58. The lowest BCUT2D eigenvalue weighted by molar-refractivity contribution is 0.154. The van der Waals surface area contributed by atoms with Crippen LogP contribution in [0.4, 0.5) is 0 Å². The van der Waals surface area contributed by atoms with Crippen molar-refractivity contribution < 1.29 is 9.84 Å². The van der Waals surface area contributed by atoms with Crippen molar-refractivity contribution in [1.29, 1.82) is 0 Å². The maximum absolute atomic E-state index is 10.1. The summed E-state index contributed by atoms with van der Waals surface area (Å²) in [6, 6.07) is 7.84. The minimum absolute atomic E-state index is 0.361. The van der Waals surface area contributed by atoms with E-state index in [9.17, 15) is 5.11 Å². The average molecular weight is 220 g/mol. The lowest BCUT2D eigenvalue weighted by Gasteiger charge is -2.15. The number of aliphatic hydroxyl groups is 1. The highest BCUT2D eigenvalue weighted by atomic mass is 16.5. The molecule has 0 bridgehead atoms. The fourth-order valence-electron chi connectivity index (χ4n) is 1.90. The standard InChI is InChI=1S/C14H20O2/c1-2-9-16-14-6-4-3-5-12(14)13(15)10-11-7-8-11/h3-6,11,13,15H,2,7-10H2,1H3. The van der Waals surface area contributed by atoms with Gasteiger partial charge in [0.05, 0.1) is 12.7 Å². The number of hydrogen-bond donors (Lipinski definition) is 1. The smallest absolute Gasteiger partial charge is 0.125 e. The molecule has 0 spiro atoms. The molecule has 0 aromatic heterocycles. The fraction of sp³-hybridized carbons (Fsp3) is 0.571. The largest absolute Gasteiger partial charge is 0.493 e. The summed E-state index contributed by atoms with van der Waals surface area (Å²) < 4.78 is 5.65. The normalized spacial score (nSPS) is 17.1. The van der Waals surface area contributed by atoms with E-state index in [4.69, 9.17) is 4.74 Å². The van der Waals surface area contributed by atoms with Gasteiger partial charge in [-0.15, -0.1) is 0 Å². The van der Waals surface area contributed by atoms with Crippen LogP contribution in [0.25, 0.3) is 0 Å². The maximum Gasteiger partial charge on any atom is 0.125 e. The summed E-state index contributed by atoms with van der Waals surface area (Å²) in [5, 5.41) is 10.1. The van der Waals surface area contributed by atoms with Crippen LogP contribution in [-0.2, 0) is 0 Å². The second-order valence-corrected chi connectivity index (χ2v) is 4.58. The van der Waals surface area contributed by atoms with E-state index < -0.39 is 0 Å². The van der Waals surface area contributed by atoms with Gasteiger partial charge in [-0.1, -0.05) is 38.0 Å². The molecule has 88 valence electrons. The van der Waals surface area contributed by atoms with Crippen molar-refractivity contribution in [2.75, 3.05) is 6.61 Å². The molecule has 1 aromatic rings. The lowest BCUT2D eigenvalue weighted by atomic mass is 10.0. The van der Waals surface area contributed by atoms with E-state index in [1.807, 2.05) is 24.3 Å². The Kier molecular flexibility index (Phi) is 3.83. The first-order valence-corrected chi connectivity index (χ1v) is 6.21. The van der Waals surface area contributed by atoms with Crippen molar-refractivity contribution in [2.24, 2.45) is 5.92 Å². The van der Waals surface area contributed by atoms with Crippen molar-refractivity contribution in [3.05, 3.63) is 29.8 Å². The van der Waals surface area contributed by atoms with E-state index in [0.717, 1.165) is 30.1 Å². The summed E-state index contributed by atoms with van der Waals surface area (Å²) in [4.78, 5) is 0. The van der Waals surface area contributed by atoms with E-state index in [1.54, 1.807) is 0 Å². The van der Waals surface area contributed by atoms with Gasteiger partial charge in [0, 0.05) is 5.56 Å². The van der Waals surface area contributed by atoms with Gasteiger partial charge >= 0.3 is 0 Å². The topological polar surface area (TPSA) is 29.5 Å². The van der Waals surface area contributed by atoms with Gasteiger partial charge in [-0.2, -0.15) is 0 Å². The van der Waals surface area contributed by atoms with Crippen molar-refractivity contribution in [3.8, 4) is 5.75 Å². The molecule has 0 aliphatic heterocycles. The molecule has 0 heterocycles. The third kappa shape index (κ3) is 2.99. The van der Waals surface area contributed by atoms with E-state index in [1.165, 1.54) is 12.8 Å². The molecule has 1 N–H and O–H groups in total. The number of aliphatic hydroxyl groups excluding tert-OH is 1. The summed E-state index contributed by atoms with van der Waals surface area (Å²) in [6.07, 6.45) is 4.06. The van der Waals surface area contributed by atoms with Crippen LogP contribution >= 0.6 is 0 Å². The van der Waals surface area contributed by atoms with Crippen LogP contribution in [0.15, 0.2) is 24.3 Å². The molecular formula is C14H20O2. The number of hydrogen-bond acceptors (Lipinski definition) is 2. The second kappa shape index (κ2) is 5.35. The maximum atomic E-state index is 10.1. The first kappa shape index (κ1) is 11.5. The van der Waals surface area contributed by atoms with Gasteiger partial charge in [0.15, 0.2) is 0 Å². The molecule has 16 heavy (non-hydrogen) atoms. The first-order valence-electron chi connectivity index (χ1n) is 6.21. The van der Waals surface area contributed by atoms with Gasteiger partial charge in [0.1, 0.15) is 5.75 Å². The van der Waals surface area contributed by atoms with Gasteiger partial charge in [0.25, 0.3) is 0 Å². The molecule has 1 aliphatic rings. The number of ether oxygens (including phenoxy) is 1. The van der Waals surface area contributed by atoms with Crippen molar-refractivity contribution in [3.63, 3.8) is 0 Å². The number of para-hydroxylation sites is 1. The summed E-state index contributed by atoms with van der Waals surface area (Å²) in [5.41, 5.74) is 0.947. The molecule has 1 saturated carbocycles. The van der Waals surface area contributed by atoms with Crippen LogP contribution in [0, 0.1) is 5.92 Å². The van der Waals surface area contributed by atoms with E-state index in [0.29, 0.717) is 6.61 Å². The molecule has 2 nitrogen and oxygen atoms in total. The Balaban J connectivity index is 2.04. The van der Waals surface area contributed by atoms with Crippen molar-refractivity contribution in [1.82, 2.24) is 0 Å². The Morgan fingerprint density at radius 2 is 2.12 bits per heavy atom. The Bertz CT molecular complexity index is 331. The predicted molar refractivity (Wildman–Crippen MR) is 64.5 cm³/mol. The first-order chi connectivity index (χ1) is 7.81. The minimum atomic E-state index is -0.361. The van der Waals surface area contributed by atoms with Crippen LogP contribution in [0.1, 0.15) is 44.3 Å². The minimum Gasteiger partial charge on any atom is -0.493 e. The van der Waals surface area contributed by atoms with Gasteiger partial charge in [-0.25, -0.2) is 0 Å². The van der Waals surface area contributed by atoms with Gasteiger partial charge in [-0.05, 0) is 24.8 Å². The number of benzene rings is 1. The van der Waals surface area contributed by atoms with Crippen molar-refractivity contribution in [2.45, 2.75) is 38.7 Å². The Morgan fingerprint density at radius 1 is 1.38 bits per heavy atom. The SMILES string of the molecule is CCCOc1ccccc1C(O)CC1CC1. The third-order valence-electron chi connectivity index (χ3n) is 2.99. The highest BCUT2D eigenvalue weighted by Gasteiger charge is 2.26. The van der Waals surface area contributed by atoms with Crippen LogP contribution in [0.5, 0.6) is 5.75 Å². The molecule has 1 unspecified atom stereocenters. The fourth-order valence-corrected chi connectivity index (χ4v) is 1.90. The molecule has 1 aliphatic carbocycles. The van der Waals surface area contributed by atoms with Gasteiger partial charge in [0.2, 0.25) is 0 Å². The zero-order valence-corrected chi connectivity index (χ0v) is 9.86. The molecule has 1 atom stereocenters. The summed E-state index contributed by atoms with van der Waals surface area (Å²) in [7, 11) is 0. The molecular weight excluding hydrogens is 200 g/mol. The Labute approximate surface area is 97.3 Å². The molecule has 0 amide bonds. The number of rotatable bonds is 6. The molecule has 0 radical (unpaired) electrons. The monoisotopic (exact) mass is 220 g/mol. The zero-order chi connectivity index (χ0) is 11.4. The molecule has 0 saturated heterocycles. The lowest BCUT2D eigenvalue weighted by Crippen LogP contribution is -2.04. The van der Waals surface area contributed by atoms with Crippen LogP contribution in [-0.4, -0.2) is 11.7 Å². The quantitative estimate of drug-likeness (QED) is 0.797. The van der Waals surface area contributed by atoms with Gasteiger partial charge in [-0.3, -0.25) is 0 Å². The zero-order valence-electron chi connectivity index (χ0n) is 9.86. The summed E-state index contributed by atoms with van der Waals surface area (Å²) >= 11 is 0. The van der Waals surface area contributed by atoms with Crippen LogP contribution in [0.2, 0.25) is 0 Å². The van der Waals surface area contributed by atoms with Crippen LogP contribution < -0.4 is 4.74 Å². The molecule has 2 rings (SSSR count). The highest BCUT2D eigenvalue weighted by Crippen LogP contribution is 2.39. The second-order valence-electron chi connectivity index (χ2n) is 4.58. The Hall–Kier alpha value is -1.02. The highest BCUT2D eigenvalue weighted by molar-refractivity contribution is 5.35. The predicted octanol–water partition coefficient (Wildman–Crippen LogP) is 3.31. The average Bonchev–Trinajstić information content (AvgIpc) is 3.10. The Morgan fingerprint density at radius 3 is 2.81 bits per heavy atom. The molecule has 1 fully saturated rings. The molecule has 1 aromatic carbocycles. The molecule has 2 heteroatoms. The van der Waals surface area contributed by atoms with E-state index in [2.05, 4.69) is 6.92 Å². The van der Waals surface area contributed by atoms with E-state index >= 15 is 0 Å². The van der Waals surface area contributed by atoms with Gasteiger partial charge < -0.3 is 9.84 Å². The van der Waals surface area contributed by atoms with Crippen LogP contribution in [0.3, 0.4) is 0 Å². The van der Waals surface area contributed by atoms with Crippen molar-refractivity contribution >= 4 is 0 Å².